The van der Waals surface area contributed by atoms with Crippen molar-refractivity contribution in [2.45, 2.75) is 12.5 Å². The van der Waals surface area contributed by atoms with Crippen molar-refractivity contribution < 1.29 is 27.7 Å². The molecule has 0 bridgehead atoms. The summed E-state index contributed by atoms with van der Waals surface area (Å²) in [5.74, 6) is -2.03. The average molecular weight is 385 g/mol. The predicted molar refractivity (Wildman–Crippen MR) is 92.4 cm³/mol. The Balaban J connectivity index is 2.08. The molecule has 1 N–H and O–H groups in total. The molecule has 1 fully saturated rings. The Morgan fingerprint density at radius 3 is 2.50 bits per heavy atom. The first-order chi connectivity index (χ1) is 12.2. The third-order valence-corrected chi connectivity index (χ3v) is 5.73. The molecule has 142 valence electrons. The van der Waals surface area contributed by atoms with E-state index in [0.29, 0.717) is 0 Å². The predicted octanol–water partition coefficient (Wildman–Crippen LogP) is 0.195. The zero-order valence-electron chi connectivity index (χ0n) is 14.1. The van der Waals surface area contributed by atoms with Crippen LogP contribution in [0.15, 0.2) is 24.3 Å². The molecule has 0 aliphatic carbocycles. The molecule has 1 aliphatic rings. The molecule has 2 rings (SSSR count). The van der Waals surface area contributed by atoms with Crippen LogP contribution >= 0.6 is 0 Å². The van der Waals surface area contributed by atoms with Crippen molar-refractivity contribution in [1.29, 1.82) is 0 Å². The Hall–Kier alpha value is -2.53. The van der Waals surface area contributed by atoms with Gasteiger partial charge in [-0.2, -0.15) is 0 Å². The van der Waals surface area contributed by atoms with E-state index in [9.17, 15) is 28.1 Å². The second kappa shape index (κ2) is 8.23. The van der Waals surface area contributed by atoms with E-state index in [2.05, 4.69) is 5.32 Å². The number of carbonyl (C=O) groups is 2. The van der Waals surface area contributed by atoms with Gasteiger partial charge in [0.1, 0.15) is 0 Å². The molecule has 0 aromatic heterocycles. The van der Waals surface area contributed by atoms with Crippen LogP contribution in [-0.2, 0) is 24.2 Å². The number of non-ortho nitro benzene ring substituents is 1. The Kier molecular flexibility index (Phi) is 6.27. The Morgan fingerprint density at radius 2 is 2.00 bits per heavy atom. The zero-order chi connectivity index (χ0) is 19.3. The van der Waals surface area contributed by atoms with Gasteiger partial charge in [0.2, 0.25) is 0 Å². The van der Waals surface area contributed by atoms with Crippen LogP contribution in [0.5, 0.6) is 0 Å². The number of amides is 2. The highest BCUT2D eigenvalue weighted by Crippen LogP contribution is 2.19. The molecule has 1 atom stereocenters. The highest BCUT2D eigenvalue weighted by Gasteiger charge is 2.36. The van der Waals surface area contributed by atoms with E-state index in [1.165, 1.54) is 36.3 Å². The highest BCUT2D eigenvalue weighted by molar-refractivity contribution is 7.91. The van der Waals surface area contributed by atoms with Crippen LogP contribution < -0.4 is 5.32 Å². The van der Waals surface area contributed by atoms with E-state index >= 15 is 0 Å². The van der Waals surface area contributed by atoms with E-state index in [1.54, 1.807) is 0 Å². The maximum absolute atomic E-state index is 12.5. The second-order valence-electron chi connectivity index (χ2n) is 5.81. The van der Waals surface area contributed by atoms with Crippen LogP contribution in [0.4, 0.5) is 11.4 Å². The van der Waals surface area contributed by atoms with Crippen molar-refractivity contribution >= 4 is 33.0 Å². The van der Waals surface area contributed by atoms with E-state index in [1.807, 2.05) is 0 Å². The summed E-state index contributed by atoms with van der Waals surface area (Å²) in [6, 6.07) is 4.44. The maximum atomic E-state index is 12.5. The summed E-state index contributed by atoms with van der Waals surface area (Å²) in [7, 11) is -1.79. The van der Waals surface area contributed by atoms with Gasteiger partial charge in [-0.1, -0.05) is 0 Å². The molecule has 2 amide bonds. The minimum atomic E-state index is -3.23. The van der Waals surface area contributed by atoms with Gasteiger partial charge in [0.05, 0.1) is 23.0 Å². The number of rotatable bonds is 6. The first kappa shape index (κ1) is 19.8. The molecule has 0 radical (unpaired) electrons. The minimum absolute atomic E-state index is 0.0294. The van der Waals surface area contributed by atoms with E-state index in [0.717, 1.165) is 0 Å². The number of methoxy groups -OCH3 is 1. The minimum Gasteiger partial charge on any atom is -0.383 e. The lowest BCUT2D eigenvalue weighted by Crippen LogP contribution is -2.47. The van der Waals surface area contributed by atoms with Gasteiger partial charge in [0.25, 0.3) is 5.69 Å². The monoisotopic (exact) mass is 385 g/mol. The number of nitro benzene ring substituents is 1. The van der Waals surface area contributed by atoms with Crippen molar-refractivity contribution in [3.05, 3.63) is 34.4 Å². The number of nitrogens with one attached hydrogen (secondary N) is 1. The summed E-state index contributed by atoms with van der Waals surface area (Å²) in [5.41, 5.74) is 0.0758. The summed E-state index contributed by atoms with van der Waals surface area (Å²) >= 11 is 0. The van der Waals surface area contributed by atoms with Crippen LogP contribution in [0.3, 0.4) is 0 Å². The first-order valence-electron chi connectivity index (χ1n) is 7.79. The normalized spacial score (nSPS) is 18.3. The number of benzene rings is 1. The molecule has 1 saturated heterocycles. The summed E-state index contributed by atoms with van der Waals surface area (Å²) in [5, 5.41) is 13.0. The van der Waals surface area contributed by atoms with E-state index in [4.69, 9.17) is 4.74 Å². The zero-order valence-corrected chi connectivity index (χ0v) is 14.9. The van der Waals surface area contributed by atoms with Gasteiger partial charge in [-0.05, 0) is 18.6 Å². The van der Waals surface area contributed by atoms with Crippen LogP contribution in [0.25, 0.3) is 0 Å². The van der Waals surface area contributed by atoms with Crippen LogP contribution in [-0.4, -0.2) is 67.9 Å². The molecule has 26 heavy (non-hydrogen) atoms. The lowest BCUT2D eigenvalue weighted by Gasteiger charge is -2.27. The number of ether oxygens (including phenoxy) is 1. The summed E-state index contributed by atoms with van der Waals surface area (Å²) in [6.45, 7) is 0.246. The lowest BCUT2D eigenvalue weighted by molar-refractivity contribution is -0.384. The fourth-order valence-corrected chi connectivity index (χ4v) is 4.37. The second-order valence-corrected chi connectivity index (χ2v) is 8.04. The number of sulfone groups is 1. The highest BCUT2D eigenvalue weighted by atomic mass is 32.2. The first-order valence-corrected chi connectivity index (χ1v) is 9.61. The molecule has 1 aromatic rings. The van der Waals surface area contributed by atoms with Crippen LogP contribution in [0, 0.1) is 10.1 Å². The third kappa shape index (κ3) is 4.99. The van der Waals surface area contributed by atoms with Crippen molar-refractivity contribution in [1.82, 2.24) is 4.90 Å². The van der Waals surface area contributed by atoms with Gasteiger partial charge in [-0.15, -0.1) is 0 Å². The van der Waals surface area contributed by atoms with Gasteiger partial charge in [-0.3, -0.25) is 19.7 Å². The fourth-order valence-electron chi connectivity index (χ4n) is 2.64. The molecular formula is C15H19N3O7S. The topological polar surface area (TPSA) is 136 Å². The molecule has 0 spiro atoms. The average Bonchev–Trinajstić information content (AvgIpc) is 2.95. The quantitative estimate of drug-likeness (QED) is 0.419. The van der Waals surface area contributed by atoms with E-state index in [-0.39, 0.29) is 42.5 Å². The van der Waals surface area contributed by atoms with Crippen molar-refractivity contribution in [3.63, 3.8) is 0 Å². The van der Waals surface area contributed by atoms with Crippen LogP contribution in [0.1, 0.15) is 6.42 Å². The number of nitrogens with zero attached hydrogens (tertiary/aromatic N) is 2. The van der Waals surface area contributed by atoms with Crippen LogP contribution in [0.2, 0.25) is 0 Å². The molecule has 1 heterocycles. The Bertz CT molecular complexity index is 792. The number of hydrogen-bond acceptors (Lipinski definition) is 7. The summed E-state index contributed by atoms with van der Waals surface area (Å²) < 4.78 is 28.3. The van der Waals surface area contributed by atoms with Gasteiger partial charge < -0.3 is 15.0 Å². The largest absolute Gasteiger partial charge is 0.383 e. The van der Waals surface area contributed by atoms with Crippen molar-refractivity contribution in [3.8, 4) is 0 Å². The maximum Gasteiger partial charge on any atom is 0.313 e. The summed E-state index contributed by atoms with van der Waals surface area (Å²) in [4.78, 5) is 36.0. The van der Waals surface area contributed by atoms with Crippen molar-refractivity contribution in [2.24, 2.45) is 0 Å². The van der Waals surface area contributed by atoms with Gasteiger partial charge >= 0.3 is 11.8 Å². The van der Waals surface area contributed by atoms with E-state index < -0.39 is 32.6 Å². The van der Waals surface area contributed by atoms with Crippen molar-refractivity contribution in [2.75, 3.05) is 37.1 Å². The summed E-state index contributed by atoms with van der Waals surface area (Å²) in [6.07, 6.45) is 0.266. The fraction of sp³-hybridized carbons (Fsp3) is 0.467. The Morgan fingerprint density at radius 1 is 1.35 bits per heavy atom. The number of nitro groups is 1. The molecule has 1 unspecified atom stereocenters. The molecule has 1 aliphatic heterocycles. The number of carbonyl (C=O) groups excluding carboxylic acids is 2. The molecule has 1 aromatic carbocycles. The van der Waals surface area contributed by atoms with Gasteiger partial charge in [-0.25, -0.2) is 8.42 Å². The third-order valence-electron chi connectivity index (χ3n) is 3.98. The smallest absolute Gasteiger partial charge is 0.313 e. The van der Waals surface area contributed by atoms with Gasteiger partial charge in [0, 0.05) is 37.5 Å². The van der Waals surface area contributed by atoms with Gasteiger partial charge in [0.15, 0.2) is 9.84 Å². The Labute approximate surface area is 150 Å². The molecule has 11 heteroatoms. The number of hydrogen-bond donors (Lipinski definition) is 1. The number of anilines is 1. The lowest BCUT2D eigenvalue weighted by atomic mass is 10.2. The standard InChI is InChI=1S/C15H19N3O7S/c1-25-8-7-17(13-6-9-26(23,24)10-13)15(20)14(19)16-11-2-4-12(5-3-11)18(21)22/h2-5,13H,6-10H2,1H3,(H,16,19). The SMILES string of the molecule is COCCN(C(=O)C(=O)Nc1ccc([N+](=O)[O-])cc1)C1CCS(=O)(=O)C1. The molecule has 10 nitrogen and oxygen atoms in total. The molecular weight excluding hydrogens is 366 g/mol. The molecule has 0 saturated carbocycles.